The fourth-order valence-electron chi connectivity index (χ4n) is 1.33. The summed E-state index contributed by atoms with van der Waals surface area (Å²) in [5.74, 6) is -0.318. The van der Waals surface area contributed by atoms with Gasteiger partial charge in [0.1, 0.15) is 18.8 Å². The van der Waals surface area contributed by atoms with Crippen LogP contribution in [-0.2, 0) is 14.3 Å². The predicted molar refractivity (Wildman–Crippen MR) is 67.9 cm³/mol. The van der Waals surface area contributed by atoms with E-state index in [9.17, 15) is 9.59 Å². The highest BCUT2D eigenvalue weighted by molar-refractivity contribution is 6.31. The lowest BCUT2D eigenvalue weighted by atomic mass is 10.2. The highest BCUT2D eigenvalue weighted by Crippen LogP contribution is 2.24. The zero-order valence-corrected chi connectivity index (χ0v) is 11.1. The van der Waals surface area contributed by atoms with Crippen molar-refractivity contribution < 1.29 is 19.1 Å². The second kappa shape index (κ2) is 7.01. The molecule has 0 fully saturated rings. The Morgan fingerprint density at radius 3 is 2.72 bits per heavy atom. The summed E-state index contributed by atoms with van der Waals surface area (Å²) in [6.07, 6.45) is -0.270. The minimum Gasteiger partial charge on any atom is -0.485 e. The fraction of sp³-hybridized carbons (Fsp3) is 0.385. The van der Waals surface area contributed by atoms with Gasteiger partial charge in [0.15, 0.2) is 5.78 Å². The molecule has 1 aromatic rings. The van der Waals surface area contributed by atoms with Crippen molar-refractivity contribution in [3.8, 4) is 5.75 Å². The molecule has 0 bridgehead atoms. The Balaban J connectivity index is 2.48. The van der Waals surface area contributed by atoms with Crippen LogP contribution < -0.4 is 4.74 Å². The number of carbonyl (C=O) groups excluding carboxylic acids is 2. The summed E-state index contributed by atoms with van der Waals surface area (Å²) in [5.41, 5.74) is 0.767. The molecule has 0 aliphatic carbocycles. The molecule has 18 heavy (non-hydrogen) atoms. The van der Waals surface area contributed by atoms with Crippen LogP contribution in [0.3, 0.4) is 0 Å². The van der Waals surface area contributed by atoms with Crippen LogP contribution >= 0.6 is 11.6 Å². The highest BCUT2D eigenvalue weighted by atomic mass is 35.5. The number of ketones is 1. The van der Waals surface area contributed by atoms with Crippen LogP contribution in [0.1, 0.15) is 18.9 Å². The third kappa shape index (κ3) is 4.37. The van der Waals surface area contributed by atoms with Crippen molar-refractivity contribution in [1.29, 1.82) is 0 Å². The molecule has 1 rings (SSSR count). The monoisotopic (exact) mass is 270 g/mol. The summed E-state index contributed by atoms with van der Waals surface area (Å²) in [6, 6.07) is 5.20. The maximum absolute atomic E-state index is 11.4. The van der Waals surface area contributed by atoms with E-state index in [1.165, 1.54) is 0 Å². The third-order valence-electron chi connectivity index (χ3n) is 2.25. The lowest BCUT2D eigenvalue weighted by Crippen LogP contribution is -2.17. The maximum Gasteiger partial charge on any atom is 0.313 e. The van der Waals surface area contributed by atoms with E-state index >= 15 is 0 Å². The van der Waals surface area contributed by atoms with Gasteiger partial charge in [0.05, 0.1) is 6.61 Å². The third-order valence-corrected chi connectivity index (χ3v) is 2.66. The van der Waals surface area contributed by atoms with Crippen LogP contribution in [0.2, 0.25) is 5.02 Å². The second-order valence-electron chi connectivity index (χ2n) is 3.67. The topological polar surface area (TPSA) is 52.6 Å². The Morgan fingerprint density at radius 1 is 1.33 bits per heavy atom. The summed E-state index contributed by atoms with van der Waals surface area (Å²) in [6.45, 7) is 3.59. The first kappa shape index (κ1) is 14.5. The van der Waals surface area contributed by atoms with Gasteiger partial charge in [-0.3, -0.25) is 9.59 Å². The summed E-state index contributed by atoms with van der Waals surface area (Å²) in [7, 11) is 0. The average molecular weight is 271 g/mol. The highest BCUT2D eigenvalue weighted by Gasteiger charge is 2.12. The van der Waals surface area contributed by atoms with Gasteiger partial charge in [-0.05, 0) is 26.0 Å². The molecule has 1 aromatic carbocycles. The molecule has 4 nitrogen and oxygen atoms in total. The number of carbonyl (C=O) groups is 2. The molecular weight excluding hydrogens is 256 g/mol. The zero-order valence-electron chi connectivity index (χ0n) is 10.4. The number of halogens is 1. The molecule has 0 aromatic heterocycles. The summed E-state index contributed by atoms with van der Waals surface area (Å²) in [5, 5.41) is 0.574. The molecule has 5 heteroatoms. The van der Waals surface area contributed by atoms with Gasteiger partial charge in [-0.15, -0.1) is 0 Å². The van der Waals surface area contributed by atoms with Crippen LogP contribution in [0.25, 0.3) is 0 Å². The van der Waals surface area contributed by atoms with Crippen LogP contribution in [-0.4, -0.2) is 25.0 Å². The van der Waals surface area contributed by atoms with E-state index in [-0.39, 0.29) is 25.4 Å². The van der Waals surface area contributed by atoms with Crippen molar-refractivity contribution in [2.24, 2.45) is 0 Å². The number of hydrogen-bond donors (Lipinski definition) is 0. The van der Waals surface area contributed by atoms with E-state index in [2.05, 4.69) is 4.74 Å². The quantitative estimate of drug-likeness (QED) is 0.589. The van der Waals surface area contributed by atoms with E-state index < -0.39 is 5.97 Å². The fourth-order valence-corrected chi connectivity index (χ4v) is 1.49. The maximum atomic E-state index is 11.4. The number of hydrogen-bond acceptors (Lipinski definition) is 4. The van der Waals surface area contributed by atoms with Crippen molar-refractivity contribution in [1.82, 2.24) is 0 Å². The largest absolute Gasteiger partial charge is 0.485 e. The van der Waals surface area contributed by atoms with E-state index in [0.717, 1.165) is 5.56 Å². The van der Waals surface area contributed by atoms with Gasteiger partial charge < -0.3 is 9.47 Å². The molecule has 0 radical (unpaired) electrons. The van der Waals surface area contributed by atoms with Crippen molar-refractivity contribution in [2.45, 2.75) is 20.3 Å². The van der Waals surface area contributed by atoms with Gasteiger partial charge in [0, 0.05) is 10.6 Å². The SMILES string of the molecule is CCOC(=O)CC(=O)COc1cccc(Cl)c1C. The number of ether oxygens (including phenoxy) is 2. The van der Waals surface area contributed by atoms with Crippen molar-refractivity contribution in [3.63, 3.8) is 0 Å². The Bertz CT molecular complexity index is 443. The van der Waals surface area contributed by atoms with E-state index in [4.69, 9.17) is 16.3 Å². The molecule has 0 aliphatic rings. The van der Waals surface area contributed by atoms with Gasteiger partial charge in [-0.1, -0.05) is 17.7 Å². The van der Waals surface area contributed by atoms with Gasteiger partial charge >= 0.3 is 5.97 Å². The molecule has 0 atom stereocenters. The number of benzene rings is 1. The van der Waals surface area contributed by atoms with Crippen LogP contribution in [0.5, 0.6) is 5.75 Å². The zero-order chi connectivity index (χ0) is 13.5. The smallest absolute Gasteiger partial charge is 0.313 e. The van der Waals surface area contributed by atoms with Crippen LogP contribution in [0.4, 0.5) is 0 Å². The molecule has 0 heterocycles. The molecule has 0 saturated carbocycles. The Labute approximate surface area is 111 Å². The summed E-state index contributed by atoms with van der Waals surface area (Å²) < 4.78 is 9.99. The molecule has 0 aliphatic heterocycles. The predicted octanol–water partition coefficient (Wildman–Crippen LogP) is 2.55. The average Bonchev–Trinajstić information content (AvgIpc) is 2.31. The van der Waals surface area contributed by atoms with Crippen molar-refractivity contribution in [3.05, 3.63) is 28.8 Å². The van der Waals surface area contributed by atoms with Gasteiger partial charge in [-0.2, -0.15) is 0 Å². The normalized spacial score (nSPS) is 9.94. The Hall–Kier alpha value is -1.55. The van der Waals surface area contributed by atoms with Gasteiger partial charge in [-0.25, -0.2) is 0 Å². The Kier molecular flexibility index (Phi) is 5.65. The molecule has 0 saturated heterocycles. The number of Topliss-reactive ketones (excluding diaryl/α,β-unsaturated/α-hetero) is 1. The van der Waals surface area contributed by atoms with Crippen LogP contribution in [0.15, 0.2) is 18.2 Å². The summed E-state index contributed by atoms with van der Waals surface area (Å²) in [4.78, 5) is 22.5. The van der Waals surface area contributed by atoms with E-state index in [0.29, 0.717) is 10.8 Å². The van der Waals surface area contributed by atoms with E-state index in [1.54, 1.807) is 32.0 Å². The standard InChI is InChI=1S/C13H15ClO4/c1-3-17-13(16)7-10(15)8-18-12-6-4-5-11(14)9(12)2/h4-6H,3,7-8H2,1-2H3. The van der Waals surface area contributed by atoms with Gasteiger partial charge in [0.25, 0.3) is 0 Å². The van der Waals surface area contributed by atoms with Crippen LogP contribution in [0, 0.1) is 6.92 Å². The molecule has 0 amide bonds. The lowest BCUT2D eigenvalue weighted by Gasteiger charge is -2.09. The van der Waals surface area contributed by atoms with Crippen molar-refractivity contribution >= 4 is 23.4 Å². The molecule has 0 unspecified atom stereocenters. The first-order chi connectivity index (χ1) is 8.54. The minimum atomic E-state index is -0.533. The molecule has 0 N–H and O–H groups in total. The van der Waals surface area contributed by atoms with Gasteiger partial charge in [0.2, 0.25) is 0 Å². The minimum absolute atomic E-state index is 0.167. The molecule has 98 valence electrons. The van der Waals surface area contributed by atoms with Crippen molar-refractivity contribution in [2.75, 3.05) is 13.2 Å². The summed E-state index contributed by atoms with van der Waals surface area (Å²) >= 11 is 5.92. The molecular formula is C13H15ClO4. The van der Waals surface area contributed by atoms with E-state index in [1.807, 2.05) is 0 Å². The number of esters is 1. The first-order valence-corrected chi connectivity index (χ1v) is 5.97. The number of rotatable bonds is 6. The first-order valence-electron chi connectivity index (χ1n) is 5.59. The second-order valence-corrected chi connectivity index (χ2v) is 4.08. The molecule has 0 spiro atoms. The Morgan fingerprint density at radius 2 is 2.06 bits per heavy atom. The lowest BCUT2D eigenvalue weighted by molar-refractivity contribution is -0.145.